The highest BCUT2D eigenvalue weighted by atomic mass is 16.3. The molecule has 2 aliphatic carbocycles. The molecule has 2 N–H and O–H groups in total. The molecule has 86 valence electrons. The van der Waals surface area contributed by atoms with E-state index in [9.17, 15) is 9.90 Å². The van der Waals surface area contributed by atoms with Gasteiger partial charge in [-0.15, -0.1) is 0 Å². The van der Waals surface area contributed by atoms with E-state index in [1.165, 1.54) is 6.42 Å². The molecule has 15 heavy (non-hydrogen) atoms. The second-order valence-electron chi connectivity index (χ2n) is 5.42. The fourth-order valence-corrected chi connectivity index (χ4v) is 2.86. The van der Waals surface area contributed by atoms with E-state index in [1.807, 2.05) is 6.92 Å². The Balaban J connectivity index is 1.72. The molecule has 3 heteroatoms. The average Bonchev–Trinajstić information content (AvgIpc) is 2.71. The van der Waals surface area contributed by atoms with E-state index >= 15 is 0 Å². The van der Waals surface area contributed by atoms with Crippen LogP contribution in [0.4, 0.5) is 0 Å². The van der Waals surface area contributed by atoms with Crippen molar-refractivity contribution in [3.63, 3.8) is 0 Å². The van der Waals surface area contributed by atoms with E-state index in [0.29, 0.717) is 6.42 Å². The summed E-state index contributed by atoms with van der Waals surface area (Å²) < 4.78 is 0. The van der Waals surface area contributed by atoms with Crippen molar-refractivity contribution >= 4 is 5.91 Å². The molecular weight excluding hydrogens is 190 g/mol. The predicted octanol–water partition coefficient (Wildman–Crippen LogP) is 1.31. The van der Waals surface area contributed by atoms with E-state index in [1.54, 1.807) is 6.92 Å². The van der Waals surface area contributed by atoms with Crippen molar-refractivity contribution in [2.45, 2.75) is 51.7 Å². The minimum Gasteiger partial charge on any atom is -0.393 e. The molecule has 4 unspecified atom stereocenters. The van der Waals surface area contributed by atoms with Gasteiger partial charge in [0.05, 0.1) is 6.10 Å². The Morgan fingerprint density at radius 1 is 1.33 bits per heavy atom. The number of aliphatic hydroxyl groups excluding tert-OH is 1. The number of fused-ring (bicyclic) bond motifs is 1. The summed E-state index contributed by atoms with van der Waals surface area (Å²) in [6.07, 6.45) is 3.85. The largest absolute Gasteiger partial charge is 0.393 e. The van der Waals surface area contributed by atoms with Crippen LogP contribution in [-0.2, 0) is 4.79 Å². The molecule has 3 nitrogen and oxygen atoms in total. The van der Waals surface area contributed by atoms with Crippen LogP contribution in [0, 0.1) is 17.8 Å². The van der Waals surface area contributed by atoms with Crippen molar-refractivity contribution in [3.8, 4) is 0 Å². The van der Waals surface area contributed by atoms with Crippen LogP contribution in [0.2, 0.25) is 0 Å². The Kier molecular flexibility index (Phi) is 3.01. The number of hydrogen-bond acceptors (Lipinski definition) is 2. The van der Waals surface area contributed by atoms with Gasteiger partial charge < -0.3 is 10.4 Å². The summed E-state index contributed by atoms with van der Waals surface area (Å²) in [6, 6.07) is 0.0921. The molecule has 0 aliphatic heterocycles. The SMILES string of the molecule is CC(O)CC(C)NC(=O)C1CC2CC2C1. The lowest BCUT2D eigenvalue weighted by molar-refractivity contribution is -0.125. The molecule has 0 aromatic heterocycles. The van der Waals surface area contributed by atoms with Gasteiger partial charge in [-0.1, -0.05) is 0 Å². The molecule has 0 aromatic carbocycles. The molecule has 0 saturated heterocycles. The van der Waals surface area contributed by atoms with Gasteiger partial charge in [0.15, 0.2) is 0 Å². The number of carbonyl (C=O) groups is 1. The Hall–Kier alpha value is -0.570. The third-order valence-corrected chi connectivity index (χ3v) is 3.70. The third-order valence-electron chi connectivity index (χ3n) is 3.70. The summed E-state index contributed by atoms with van der Waals surface area (Å²) in [5, 5.41) is 12.2. The molecule has 1 amide bonds. The molecule has 0 spiro atoms. The first-order chi connectivity index (χ1) is 7.06. The van der Waals surface area contributed by atoms with E-state index in [2.05, 4.69) is 5.32 Å². The molecule has 0 bridgehead atoms. The highest BCUT2D eigenvalue weighted by molar-refractivity contribution is 5.79. The number of hydrogen-bond donors (Lipinski definition) is 2. The molecule has 2 saturated carbocycles. The van der Waals surface area contributed by atoms with Gasteiger partial charge in [0.25, 0.3) is 0 Å². The first-order valence-electron chi connectivity index (χ1n) is 6.04. The monoisotopic (exact) mass is 211 g/mol. The lowest BCUT2D eigenvalue weighted by Gasteiger charge is -2.18. The topological polar surface area (TPSA) is 49.3 Å². The fraction of sp³-hybridized carbons (Fsp3) is 0.917. The van der Waals surface area contributed by atoms with Gasteiger partial charge in [-0.05, 0) is 51.4 Å². The first kappa shape index (κ1) is 10.9. The molecule has 0 heterocycles. The van der Waals surface area contributed by atoms with E-state index in [4.69, 9.17) is 0 Å². The predicted molar refractivity (Wildman–Crippen MR) is 58.2 cm³/mol. The van der Waals surface area contributed by atoms with E-state index in [-0.39, 0.29) is 24.0 Å². The maximum Gasteiger partial charge on any atom is 0.223 e. The van der Waals surface area contributed by atoms with Crippen LogP contribution in [-0.4, -0.2) is 23.2 Å². The summed E-state index contributed by atoms with van der Waals surface area (Å²) in [5.74, 6) is 2.17. The second kappa shape index (κ2) is 4.12. The maximum atomic E-state index is 11.8. The highest BCUT2D eigenvalue weighted by Gasteiger charge is 2.48. The minimum absolute atomic E-state index is 0.0921. The van der Waals surface area contributed by atoms with Gasteiger partial charge >= 0.3 is 0 Å². The second-order valence-corrected chi connectivity index (χ2v) is 5.42. The fourth-order valence-electron chi connectivity index (χ4n) is 2.86. The summed E-state index contributed by atoms with van der Waals surface area (Å²) in [4.78, 5) is 11.8. The lowest BCUT2D eigenvalue weighted by Crippen LogP contribution is -2.38. The Morgan fingerprint density at radius 2 is 1.93 bits per heavy atom. The summed E-state index contributed by atoms with van der Waals surface area (Å²) in [7, 11) is 0. The van der Waals surface area contributed by atoms with Crippen LogP contribution >= 0.6 is 0 Å². The standard InChI is InChI=1S/C12H21NO2/c1-7(3-8(2)14)13-12(15)11-5-9-4-10(9)6-11/h7-11,14H,3-6H2,1-2H3,(H,13,15). The third kappa shape index (κ3) is 2.71. The van der Waals surface area contributed by atoms with Crippen LogP contribution < -0.4 is 5.32 Å². The first-order valence-corrected chi connectivity index (χ1v) is 6.04. The van der Waals surface area contributed by atoms with E-state index in [0.717, 1.165) is 24.7 Å². The van der Waals surface area contributed by atoms with Crippen LogP contribution in [0.25, 0.3) is 0 Å². The molecule has 2 rings (SSSR count). The molecule has 0 radical (unpaired) electrons. The summed E-state index contributed by atoms with van der Waals surface area (Å²) >= 11 is 0. The van der Waals surface area contributed by atoms with Gasteiger partial charge in [0.2, 0.25) is 5.91 Å². The number of nitrogens with one attached hydrogen (secondary N) is 1. The molecule has 0 aromatic rings. The van der Waals surface area contributed by atoms with Crippen molar-refractivity contribution in [2.75, 3.05) is 0 Å². The number of aliphatic hydroxyl groups is 1. The van der Waals surface area contributed by atoms with E-state index < -0.39 is 0 Å². The van der Waals surface area contributed by atoms with Gasteiger partial charge in [0, 0.05) is 12.0 Å². The quantitative estimate of drug-likeness (QED) is 0.736. The van der Waals surface area contributed by atoms with Gasteiger partial charge in [-0.25, -0.2) is 0 Å². The molecule has 4 atom stereocenters. The molecule has 2 aliphatic rings. The van der Waals surface area contributed by atoms with Crippen LogP contribution in [0.15, 0.2) is 0 Å². The van der Waals surface area contributed by atoms with Gasteiger partial charge in [-0.3, -0.25) is 4.79 Å². The van der Waals surface area contributed by atoms with Crippen molar-refractivity contribution in [1.82, 2.24) is 5.32 Å². The zero-order chi connectivity index (χ0) is 11.0. The lowest BCUT2D eigenvalue weighted by atomic mass is 10.0. The van der Waals surface area contributed by atoms with Gasteiger partial charge in [-0.2, -0.15) is 0 Å². The smallest absolute Gasteiger partial charge is 0.223 e. The highest BCUT2D eigenvalue weighted by Crippen LogP contribution is 2.54. The molecule has 2 fully saturated rings. The average molecular weight is 211 g/mol. The normalized spacial score (nSPS) is 36.9. The van der Waals surface area contributed by atoms with Crippen molar-refractivity contribution < 1.29 is 9.90 Å². The number of carbonyl (C=O) groups excluding carboxylic acids is 1. The number of rotatable bonds is 4. The Labute approximate surface area is 91.2 Å². The molecular formula is C12H21NO2. The van der Waals surface area contributed by atoms with Crippen LogP contribution in [0.5, 0.6) is 0 Å². The van der Waals surface area contributed by atoms with Crippen molar-refractivity contribution in [3.05, 3.63) is 0 Å². The van der Waals surface area contributed by atoms with Crippen LogP contribution in [0.3, 0.4) is 0 Å². The summed E-state index contributed by atoms with van der Waals surface area (Å²) in [5.41, 5.74) is 0. The maximum absolute atomic E-state index is 11.8. The minimum atomic E-state index is -0.336. The van der Waals surface area contributed by atoms with Crippen molar-refractivity contribution in [2.24, 2.45) is 17.8 Å². The zero-order valence-corrected chi connectivity index (χ0v) is 9.57. The Morgan fingerprint density at radius 3 is 2.47 bits per heavy atom. The van der Waals surface area contributed by atoms with Crippen LogP contribution in [0.1, 0.15) is 39.5 Å². The van der Waals surface area contributed by atoms with Gasteiger partial charge in [0.1, 0.15) is 0 Å². The Bertz CT molecular complexity index is 242. The van der Waals surface area contributed by atoms with Crippen molar-refractivity contribution in [1.29, 1.82) is 0 Å². The summed E-state index contributed by atoms with van der Waals surface area (Å²) in [6.45, 7) is 3.72. The zero-order valence-electron chi connectivity index (χ0n) is 9.57. The number of amides is 1.